The smallest absolute Gasteiger partial charge is 0.221 e. The zero-order chi connectivity index (χ0) is 15.0. The maximum Gasteiger partial charge on any atom is 0.221 e. The van der Waals surface area contributed by atoms with Gasteiger partial charge in [0.05, 0.1) is 14.2 Å². The average Bonchev–Trinajstić information content (AvgIpc) is 2.50. The van der Waals surface area contributed by atoms with Gasteiger partial charge in [-0.3, -0.25) is 4.79 Å². The van der Waals surface area contributed by atoms with Gasteiger partial charge in [-0.05, 0) is 24.0 Å². The zero-order valence-electron chi connectivity index (χ0n) is 12.4. The highest BCUT2D eigenvalue weighted by Crippen LogP contribution is 2.34. The number of methoxy groups -OCH3 is 2. The fraction of sp³-hybridized carbons (Fsp3) is 0.500. The van der Waals surface area contributed by atoms with Crippen LogP contribution in [0.15, 0.2) is 17.0 Å². The largest absolute Gasteiger partial charge is 0.493 e. The van der Waals surface area contributed by atoms with Gasteiger partial charge < -0.3 is 20.1 Å². The van der Waals surface area contributed by atoms with Gasteiger partial charge in [0, 0.05) is 31.5 Å². The van der Waals surface area contributed by atoms with Crippen molar-refractivity contribution >= 4 is 17.7 Å². The lowest BCUT2D eigenvalue weighted by molar-refractivity contribution is -0.120. The minimum absolute atomic E-state index is 0.0369. The van der Waals surface area contributed by atoms with Gasteiger partial charge in [-0.25, -0.2) is 0 Å². The first-order valence-electron chi connectivity index (χ1n) is 6.36. The highest BCUT2D eigenvalue weighted by Gasteiger charge is 2.10. The summed E-state index contributed by atoms with van der Waals surface area (Å²) in [6, 6.07) is 3.94. The third kappa shape index (κ3) is 4.61. The van der Waals surface area contributed by atoms with Crippen LogP contribution in [0, 0.1) is 0 Å². The van der Waals surface area contributed by atoms with Crippen LogP contribution in [-0.4, -0.2) is 40.0 Å². The summed E-state index contributed by atoms with van der Waals surface area (Å²) < 4.78 is 10.6. The molecule has 0 saturated carbocycles. The van der Waals surface area contributed by atoms with Gasteiger partial charge in [-0.1, -0.05) is 0 Å². The van der Waals surface area contributed by atoms with Crippen molar-refractivity contribution in [2.75, 3.05) is 34.1 Å². The van der Waals surface area contributed by atoms with Crippen LogP contribution < -0.4 is 20.1 Å². The summed E-state index contributed by atoms with van der Waals surface area (Å²) in [5, 5.41) is 5.86. The van der Waals surface area contributed by atoms with Gasteiger partial charge >= 0.3 is 0 Å². The molecule has 1 aromatic carbocycles. The highest BCUT2D eigenvalue weighted by molar-refractivity contribution is 7.98. The second kappa shape index (κ2) is 8.71. The normalized spacial score (nSPS) is 10.2. The first-order valence-corrected chi connectivity index (χ1v) is 7.58. The molecule has 112 valence electrons. The Morgan fingerprint density at radius 3 is 2.45 bits per heavy atom. The summed E-state index contributed by atoms with van der Waals surface area (Å²) in [4.78, 5) is 12.3. The van der Waals surface area contributed by atoms with Gasteiger partial charge in [0.2, 0.25) is 5.91 Å². The molecule has 0 aromatic heterocycles. The molecule has 0 aliphatic rings. The molecule has 20 heavy (non-hydrogen) atoms. The van der Waals surface area contributed by atoms with E-state index in [1.54, 1.807) is 33.0 Å². The van der Waals surface area contributed by atoms with E-state index >= 15 is 0 Å². The molecular formula is C14H22N2O3S. The van der Waals surface area contributed by atoms with Gasteiger partial charge in [-0.15, -0.1) is 11.8 Å². The number of carbonyl (C=O) groups is 1. The quantitative estimate of drug-likeness (QED) is 0.564. The lowest BCUT2D eigenvalue weighted by Gasteiger charge is -2.14. The number of rotatable bonds is 8. The number of benzene rings is 1. The summed E-state index contributed by atoms with van der Waals surface area (Å²) in [7, 11) is 4.89. The predicted octanol–water partition coefficient (Wildman–Crippen LogP) is 1.65. The minimum atomic E-state index is 0.0369. The highest BCUT2D eigenvalue weighted by atomic mass is 32.2. The number of thioether (sulfide) groups is 1. The molecule has 0 radical (unpaired) electrons. The molecule has 0 spiro atoms. The molecule has 0 aliphatic carbocycles. The van der Waals surface area contributed by atoms with E-state index in [4.69, 9.17) is 9.47 Å². The SMILES string of the molecule is CNC(=O)CCNCc1cc(OC)c(OC)cc1SC. The number of hydrogen-bond acceptors (Lipinski definition) is 5. The molecule has 1 aromatic rings. The van der Waals surface area contributed by atoms with E-state index < -0.39 is 0 Å². The van der Waals surface area contributed by atoms with E-state index in [9.17, 15) is 4.79 Å². The van der Waals surface area contributed by atoms with Crippen molar-refractivity contribution in [1.29, 1.82) is 0 Å². The van der Waals surface area contributed by atoms with Crippen molar-refractivity contribution in [2.24, 2.45) is 0 Å². The lowest BCUT2D eigenvalue weighted by Crippen LogP contribution is -2.24. The molecule has 0 saturated heterocycles. The minimum Gasteiger partial charge on any atom is -0.493 e. The average molecular weight is 298 g/mol. The van der Waals surface area contributed by atoms with Crippen LogP contribution in [0.1, 0.15) is 12.0 Å². The van der Waals surface area contributed by atoms with Gasteiger partial charge in [0.1, 0.15) is 0 Å². The Labute approximate surface area is 124 Å². The molecular weight excluding hydrogens is 276 g/mol. The molecule has 0 heterocycles. The third-order valence-electron chi connectivity index (χ3n) is 2.91. The Hall–Kier alpha value is -1.40. The first-order chi connectivity index (χ1) is 9.65. The fourth-order valence-electron chi connectivity index (χ4n) is 1.78. The molecule has 2 N–H and O–H groups in total. The lowest BCUT2D eigenvalue weighted by atomic mass is 10.2. The zero-order valence-corrected chi connectivity index (χ0v) is 13.2. The third-order valence-corrected chi connectivity index (χ3v) is 3.73. The fourth-order valence-corrected chi connectivity index (χ4v) is 2.40. The predicted molar refractivity (Wildman–Crippen MR) is 81.7 cm³/mol. The van der Waals surface area contributed by atoms with Crippen LogP contribution in [0.25, 0.3) is 0 Å². The van der Waals surface area contributed by atoms with Crippen molar-refractivity contribution in [1.82, 2.24) is 10.6 Å². The van der Waals surface area contributed by atoms with Crippen LogP contribution in [0.4, 0.5) is 0 Å². The molecule has 0 atom stereocenters. The number of nitrogens with one attached hydrogen (secondary N) is 2. The number of carbonyl (C=O) groups excluding carboxylic acids is 1. The monoisotopic (exact) mass is 298 g/mol. The summed E-state index contributed by atoms with van der Waals surface area (Å²) in [5.41, 5.74) is 1.13. The van der Waals surface area contributed by atoms with Crippen molar-refractivity contribution < 1.29 is 14.3 Å². The topological polar surface area (TPSA) is 59.6 Å². The van der Waals surface area contributed by atoms with E-state index in [1.807, 2.05) is 18.4 Å². The molecule has 0 aliphatic heterocycles. The Bertz CT molecular complexity index is 452. The summed E-state index contributed by atoms with van der Waals surface area (Å²) in [5.74, 6) is 1.48. The Morgan fingerprint density at radius 1 is 1.25 bits per heavy atom. The standard InChI is InChI=1S/C14H22N2O3S/c1-15-14(17)5-6-16-9-10-7-11(18-2)12(19-3)8-13(10)20-4/h7-8,16H,5-6,9H2,1-4H3,(H,15,17). The van der Waals surface area contributed by atoms with Gasteiger partial charge in [0.25, 0.3) is 0 Å². The van der Waals surface area contributed by atoms with Crippen LogP contribution >= 0.6 is 11.8 Å². The Balaban J connectivity index is 2.70. The van der Waals surface area contributed by atoms with E-state index in [2.05, 4.69) is 10.6 Å². The molecule has 1 amide bonds. The van der Waals surface area contributed by atoms with Crippen LogP contribution in [0.2, 0.25) is 0 Å². The van der Waals surface area contributed by atoms with E-state index in [0.29, 0.717) is 25.3 Å². The van der Waals surface area contributed by atoms with Crippen molar-refractivity contribution in [2.45, 2.75) is 17.9 Å². The van der Waals surface area contributed by atoms with Crippen LogP contribution in [0.5, 0.6) is 11.5 Å². The molecule has 5 nitrogen and oxygen atoms in total. The van der Waals surface area contributed by atoms with Gasteiger partial charge in [0.15, 0.2) is 11.5 Å². The molecule has 0 unspecified atom stereocenters. The summed E-state index contributed by atoms with van der Waals surface area (Å²) >= 11 is 1.66. The Morgan fingerprint density at radius 2 is 1.90 bits per heavy atom. The maximum absolute atomic E-state index is 11.1. The molecule has 0 fully saturated rings. The van der Waals surface area contributed by atoms with Crippen LogP contribution in [-0.2, 0) is 11.3 Å². The van der Waals surface area contributed by atoms with Crippen molar-refractivity contribution in [3.05, 3.63) is 17.7 Å². The second-order valence-electron chi connectivity index (χ2n) is 4.12. The van der Waals surface area contributed by atoms with E-state index in [-0.39, 0.29) is 5.91 Å². The second-order valence-corrected chi connectivity index (χ2v) is 4.97. The molecule has 0 bridgehead atoms. The maximum atomic E-state index is 11.1. The van der Waals surface area contributed by atoms with Crippen LogP contribution in [0.3, 0.4) is 0 Å². The van der Waals surface area contributed by atoms with Crippen molar-refractivity contribution in [3.8, 4) is 11.5 Å². The number of ether oxygens (including phenoxy) is 2. The Kier molecular flexibility index (Phi) is 7.25. The summed E-state index contributed by atoms with van der Waals surface area (Å²) in [6.07, 6.45) is 2.49. The van der Waals surface area contributed by atoms with E-state index in [1.165, 1.54) is 0 Å². The van der Waals surface area contributed by atoms with Crippen molar-refractivity contribution in [3.63, 3.8) is 0 Å². The van der Waals surface area contributed by atoms with Gasteiger partial charge in [-0.2, -0.15) is 0 Å². The first kappa shape index (κ1) is 16.7. The number of hydrogen-bond donors (Lipinski definition) is 2. The molecule has 6 heteroatoms. The summed E-state index contributed by atoms with van der Waals surface area (Å²) in [6.45, 7) is 1.33. The molecule has 1 rings (SSSR count). The van der Waals surface area contributed by atoms with E-state index in [0.717, 1.165) is 16.2 Å². The number of amides is 1.